The highest BCUT2D eigenvalue weighted by Gasteiger charge is 2.24. The molecule has 1 aliphatic heterocycles. The van der Waals surface area contributed by atoms with Crippen LogP contribution in [0.4, 0.5) is 0 Å². The van der Waals surface area contributed by atoms with E-state index in [-0.39, 0.29) is 17.5 Å². The third kappa shape index (κ3) is 7.79. The van der Waals surface area contributed by atoms with Crippen LogP contribution < -0.4 is 10.9 Å². The number of carbonyl (C=O) groups excluding carboxylic acids is 3. The maximum absolute atomic E-state index is 12.1. The first-order chi connectivity index (χ1) is 17.3. The van der Waals surface area contributed by atoms with Gasteiger partial charge < -0.3 is 0 Å². The van der Waals surface area contributed by atoms with E-state index >= 15 is 0 Å². The number of amides is 2. The number of aromatic nitrogens is 2. The lowest BCUT2D eigenvalue weighted by Gasteiger charge is -2.16. The third-order valence-corrected chi connectivity index (χ3v) is 6.98. The van der Waals surface area contributed by atoms with Gasteiger partial charge in [-0.3, -0.25) is 30.1 Å². The van der Waals surface area contributed by atoms with Crippen LogP contribution in [-0.4, -0.2) is 46.6 Å². The second-order valence-electron chi connectivity index (χ2n) is 9.04. The van der Waals surface area contributed by atoms with Crippen LogP contribution in [0.2, 0.25) is 0 Å². The fraction of sp³-hybridized carbons (Fsp3) is 0.370. The number of hydrazine groups is 1. The zero-order valence-electron chi connectivity index (χ0n) is 21.2. The van der Waals surface area contributed by atoms with Gasteiger partial charge in [0.25, 0.3) is 5.91 Å². The summed E-state index contributed by atoms with van der Waals surface area (Å²) in [5, 5.41) is 3.44. The topological polar surface area (TPSA) is 104 Å². The van der Waals surface area contributed by atoms with Gasteiger partial charge in [0.15, 0.2) is 0 Å². The Bertz CT molecular complexity index is 1180. The molecule has 3 heterocycles. The van der Waals surface area contributed by atoms with E-state index in [0.717, 1.165) is 11.3 Å². The molecule has 190 valence electrons. The molecule has 0 aliphatic carbocycles. The number of carbonyl (C=O) groups is 3. The molecule has 1 aliphatic rings. The average molecular weight is 508 g/mol. The zero-order valence-corrected chi connectivity index (χ0v) is 22.0. The Morgan fingerprint density at radius 3 is 2.50 bits per heavy atom. The van der Waals surface area contributed by atoms with Gasteiger partial charge in [-0.1, -0.05) is 37.3 Å². The second kappa shape index (κ2) is 13.0. The van der Waals surface area contributed by atoms with Gasteiger partial charge in [-0.25, -0.2) is 9.97 Å². The lowest BCUT2D eigenvalue weighted by atomic mass is 10.0. The van der Waals surface area contributed by atoms with E-state index < -0.39 is 5.91 Å². The van der Waals surface area contributed by atoms with Gasteiger partial charge in [0.2, 0.25) is 5.91 Å². The molecule has 0 radical (unpaired) electrons. The minimum absolute atomic E-state index is 0.0770. The molecule has 36 heavy (non-hydrogen) atoms. The lowest BCUT2D eigenvalue weighted by Crippen LogP contribution is -2.44. The molecule has 9 heteroatoms. The normalized spacial score (nSPS) is 15.9. The van der Waals surface area contributed by atoms with Crippen molar-refractivity contribution in [1.82, 2.24) is 25.7 Å². The predicted octanol–water partition coefficient (Wildman–Crippen LogP) is 4.06. The second-order valence-corrected chi connectivity index (χ2v) is 9.93. The van der Waals surface area contributed by atoms with Crippen LogP contribution in [0.1, 0.15) is 68.6 Å². The summed E-state index contributed by atoms with van der Waals surface area (Å²) < 4.78 is 0. The van der Waals surface area contributed by atoms with Crippen molar-refractivity contribution < 1.29 is 14.4 Å². The van der Waals surface area contributed by atoms with Crippen molar-refractivity contribution in [2.45, 2.75) is 46.1 Å². The zero-order chi connectivity index (χ0) is 26.1. The molecule has 1 fully saturated rings. The van der Waals surface area contributed by atoms with E-state index in [1.807, 2.05) is 30.3 Å². The molecule has 2 aromatic heterocycles. The Balaban J connectivity index is 0.000000249. The highest BCUT2D eigenvalue weighted by atomic mass is 32.1. The van der Waals surface area contributed by atoms with Gasteiger partial charge in [0, 0.05) is 28.2 Å². The van der Waals surface area contributed by atoms with Gasteiger partial charge in [0.05, 0.1) is 6.04 Å². The molecule has 2 amide bonds. The minimum atomic E-state index is -0.568. The van der Waals surface area contributed by atoms with E-state index in [2.05, 4.69) is 45.1 Å². The summed E-state index contributed by atoms with van der Waals surface area (Å²) in [6.45, 7) is 6.76. The summed E-state index contributed by atoms with van der Waals surface area (Å²) in [6.07, 6.45) is 3.82. The van der Waals surface area contributed by atoms with Crippen molar-refractivity contribution in [2.24, 2.45) is 5.92 Å². The number of aryl methyl sites for hydroxylation is 2. The Kier molecular flexibility index (Phi) is 9.84. The number of nitrogens with zero attached hydrogens (tertiary/aromatic N) is 3. The van der Waals surface area contributed by atoms with Gasteiger partial charge in [-0.15, -0.1) is 11.3 Å². The van der Waals surface area contributed by atoms with Crippen molar-refractivity contribution in [1.29, 1.82) is 0 Å². The fourth-order valence-electron chi connectivity index (χ4n) is 3.99. The van der Waals surface area contributed by atoms with E-state index in [0.29, 0.717) is 30.0 Å². The number of nitrogens with one attached hydrogen (secondary N) is 2. The summed E-state index contributed by atoms with van der Waals surface area (Å²) in [4.78, 5) is 45.9. The average Bonchev–Trinajstić information content (AvgIpc) is 3.50. The maximum Gasteiger partial charge on any atom is 0.288 e. The van der Waals surface area contributed by atoms with Gasteiger partial charge in [0.1, 0.15) is 17.0 Å². The van der Waals surface area contributed by atoms with E-state index in [1.165, 1.54) is 30.5 Å². The highest BCUT2D eigenvalue weighted by Crippen LogP contribution is 2.31. The monoisotopic (exact) mass is 507 g/mol. The predicted molar refractivity (Wildman–Crippen MR) is 141 cm³/mol. The summed E-state index contributed by atoms with van der Waals surface area (Å²) in [5.41, 5.74) is 7.91. The first kappa shape index (κ1) is 27.2. The molecule has 1 aromatic carbocycles. The van der Waals surface area contributed by atoms with Crippen molar-refractivity contribution in [3.8, 4) is 0 Å². The molecule has 0 bridgehead atoms. The van der Waals surface area contributed by atoms with Crippen molar-refractivity contribution in [2.75, 3.05) is 13.6 Å². The number of rotatable bonds is 6. The molecule has 2 unspecified atom stereocenters. The molecule has 2 N–H and O–H groups in total. The summed E-state index contributed by atoms with van der Waals surface area (Å²) in [5.74, 6) is -1.17. The number of thiazole rings is 1. The number of aldehydes is 1. The van der Waals surface area contributed by atoms with Crippen LogP contribution in [0.3, 0.4) is 0 Å². The molecular weight excluding hydrogens is 474 g/mol. The Hall–Kier alpha value is -3.43. The van der Waals surface area contributed by atoms with E-state index in [9.17, 15) is 14.4 Å². The van der Waals surface area contributed by atoms with Gasteiger partial charge in [-0.2, -0.15) is 0 Å². The smallest absolute Gasteiger partial charge is 0.288 e. The van der Waals surface area contributed by atoms with Crippen LogP contribution in [0.15, 0.2) is 47.8 Å². The number of likely N-dealkylation sites (tertiary alicyclic amines) is 1. The third-order valence-electron chi connectivity index (χ3n) is 5.92. The van der Waals surface area contributed by atoms with Crippen molar-refractivity contribution in [3.05, 3.63) is 81.1 Å². The van der Waals surface area contributed by atoms with E-state index in [4.69, 9.17) is 0 Å². The fourth-order valence-corrected chi connectivity index (χ4v) is 4.99. The molecular formula is C27H33N5O3S. The SMILES string of the molecule is Cc1cc(C=O)cc(C(=O)NNC(=O)C(C)Cc2ccccc2)n1.Cc1csc(C2CCCN2C)n1. The molecule has 1 saturated heterocycles. The summed E-state index contributed by atoms with van der Waals surface area (Å²) in [6, 6.07) is 13.2. The number of hydrogen-bond acceptors (Lipinski definition) is 7. The van der Waals surface area contributed by atoms with Crippen LogP contribution >= 0.6 is 11.3 Å². The first-order valence-electron chi connectivity index (χ1n) is 12.0. The summed E-state index contributed by atoms with van der Waals surface area (Å²) in [7, 11) is 2.19. The maximum atomic E-state index is 12.1. The number of pyridine rings is 1. The Morgan fingerprint density at radius 2 is 1.89 bits per heavy atom. The molecule has 3 aromatic rings. The Morgan fingerprint density at radius 1 is 1.14 bits per heavy atom. The Labute approximate surface area is 216 Å². The molecule has 8 nitrogen and oxygen atoms in total. The minimum Gasteiger partial charge on any atom is -0.298 e. The molecule has 0 saturated carbocycles. The van der Waals surface area contributed by atoms with Gasteiger partial charge >= 0.3 is 0 Å². The standard InChI is InChI=1S/C18H19N3O3.C9H14N2S/c1-12(8-14-6-4-3-5-7-14)17(23)20-21-18(24)16-10-15(11-22)9-13(2)19-16;1-7-6-12-9(10-7)8-4-3-5-11(8)2/h3-7,9-12H,8H2,1-2H3,(H,20,23)(H,21,24);6,8H,3-5H2,1-2H3. The molecule has 4 rings (SSSR count). The quantitative estimate of drug-likeness (QED) is 0.385. The van der Waals surface area contributed by atoms with E-state index in [1.54, 1.807) is 31.3 Å². The van der Waals surface area contributed by atoms with Crippen molar-refractivity contribution in [3.63, 3.8) is 0 Å². The van der Waals surface area contributed by atoms with Crippen LogP contribution in [0.5, 0.6) is 0 Å². The molecule has 2 atom stereocenters. The lowest BCUT2D eigenvalue weighted by molar-refractivity contribution is -0.125. The highest BCUT2D eigenvalue weighted by molar-refractivity contribution is 7.09. The van der Waals surface area contributed by atoms with Crippen molar-refractivity contribution >= 4 is 29.4 Å². The first-order valence-corrected chi connectivity index (χ1v) is 12.8. The van der Waals surface area contributed by atoms with Crippen LogP contribution in [0, 0.1) is 19.8 Å². The molecule has 0 spiro atoms. The van der Waals surface area contributed by atoms with Gasteiger partial charge in [-0.05, 0) is 64.4 Å². The largest absolute Gasteiger partial charge is 0.298 e. The summed E-state index contributed by atoms with van der Waals surface area (Å²) >= 11 is 1.80. The van der Waals surface area contributed by atoms with Crippen LogP contribution in [-0.2, 0) is 11.2 Å². The van der Waals surface area contributed by atoms with Crippen LogP contribution in [0.25, 0.3) is 0 Å². The number of hydrogen-bond donors (Lipinski definition) is 2. The number of benzene rings is 1.